The fraction of sp³-hybridized carbons (Fsp3) is 0. The molecule has 5 heteroatoms. The van der Waals surface area contributed by atoms with Gasteiger partial charge >= 0.3 is 5.97 Å². The Morgan fingerprint density at radius 2 is 1.67 bits per heavy atom. The number of halogens is 2. The van der Waals surface area contributed by atoms with Gasteiger partial charge in [0.05, 0.1) is 5.56 Å². The number of benzene rings is 2. The summed E-state index contributed by atoms with van der Waals surface area (Å²) in [5, 5.41) is 13.0. The maximum Gasteiger partial charge on any atom is 0.335 e. The first-order valence-electron chi connectivity index (χ1n) is 5.11. The Hall–Kier alpha value is -1.71. The van der Waals surface area contributed by atoms with Gasteiger partial charge in [-0.05, 0) is 36.4 Å². The zero-order valence-corrected chi connectivity index (χ0v) is 10.7. The number of carbonyl (C=O) groups is 1. The third-order valence-corrected chi connectivity index (χ3v) is 2.70. The van der Waals surface area contributed by atoms with Crippen molar-refractivity contribution in [1.29, 1.82) is 0 Å². The van der Waals surface area contributed by atoms with Gasteiger partial charge in [0.2, 0.25) is 0 Å². The predicted octanol–water partition coefficient (Wildman–Crippen LogP) is 4.44. The molecule has 92 valence electrons. The third kappa shape index (κ3) is 3.15. The van der Waals surface area contributed by atoms with E-state index in [0.717, 1.165) is 0 Å². The van der Waals surface area contributed by atoms with Crippen molar-refractivity contribution in [3.63, 3.8) is 0 Å². The molecule has 0 atom stereocenters. The van der Waals surface area contributed by atoms with Gasteiger partial charge in [0, 0.05) is 21.4 Å². The molecule has 0 saturated heterocycles. The van der Waals surface area contributed by atoms with E-state index in [1.807, 2.05) is 0 Å². The Morgan fingerprint density at radius 1 is 1.00 bits per heavy atom. The summed E-state index contributed by atoms with van der Waals surface area (Å²) in [5.41, 5.74) is 1.58. The Labute approximate surface area is 114 Å². The van der Waals surface area contributed by atoms with Gasteiger partial charge in [-0.2, -0.15) is 0 Å². The number of nitrogens with one attached hydrogen (secondary N) is 1. The van der Waals surface area contributed by atoms with E-state index in [4.69, 9.17) is 28.3 Å². The molecule has 0 aromatic heterocycles. The minimum atomic E-state index is -0.970. The third-order valence-electron chi connectivity index (χ3n) is 2.26. The first-order chi connectivity index (χ1) is 8.54. The van der Waals surface area contributed by atoms with Gasteiger partial charge in [0.15, 0.2) is 0 Å². The van der Waals surface area contributed by atoms with Gasteiger partial charge in [-0.3, -0.25) is 0 Å². The fourth-order valence-corrected chi connectivity index (χ4v) is 2.05. The monoisotopic (exact) mass is 281 g/mol. The number of rotatable bonds is 3. The number of hydrogen-bond donors (Lipinski definition) is 2. The summed E-state index contributed by atoms with van der Waals surface area (Å²) in [6, 6.07) is 11.5. The van der Waals surface area contributed by atoms with Crippen LogP contribution in [0.25, 0.3) is 0 Å². The highest BCUT2D eigenvalue weighted by Gasteiger charge is 2.04. The molecule has 0 saturated carbocycles. The minimum Gasteiger partial charge on any atom is -0.478 e. The SMILES string of the molecule is O=C(O)c1cccc(Nc2cc(Cl)cc(Cl)c2)c1. The summed E-state index contributed by atoms with van der Waals surface area (Å²) in [6.45, 7) is 0. The number of aromatic carboxylic acids is 1. The first-order valence-corrected chi connectivity index (χ1v) is 5.87. The minimum absolute atomic E-state index is 0.216. The number of carboxylic acids is 1. The highest BCUT2D eigenvalue weighted by molar-refractivity contribution is 6.35. The standard InChI is InChI=1S/C13H9Cl2NO2/c14-9-5-10(15)7-12(6-9)16-11-3-1-2-8(4-11)13(17)18/h1-7,16H,(H,17,18). The van der Waals surface area contributed by atoms with Crippen LogP contribution in [-0.4, -0.2) is 11.1 Å². The molecule has 0 amide bonds. The largest absolute Gasteiger partial charge is 0.478 e. The summed E-state index contributed by atoms with van der Waals surface area (Å²) in [6.07, 6.45) is 0. The average molecular weight is 282 g/mol. The highest BCUT2D eigenvalue weighted by atomic mass is 35.5. The number of anilines is 2. The first kappa shape index (κ1) is 12.7. The Balaban J connectivity index is 2.28. The van der Waals surface area contributed by atoms with Crippen LogP contribution >= 0.6 is 23.2 Å². The van der Waals surface area contributed by atoms with Crippen molar-refractivity contribution >= 4 is 40.5 Å². The molecule has 0 fully saturated rings. The Bertz CT molecular complexity index is 579. The summed E-state index contributed by atoms with van der Waals surface area (Å²) in [7, 11) is 0. The van der Waals surface area contributed by atoms with Crippen LogP contribution in [0.3, 0.4) is 0 Å². The van der Waals surface area contributed by atoms with Crippen LogP contribution in [0.15, 0.2) is 42.5 Å². The molecule has 0 spiro atoms. The predicted molar refractivity (Wildman–Crippen MR) is 73.1 cm³/mol. The molecule has 0 aliphatic carbocycles. The van der Waals surface area contributed by atoms with Crippen molar-refractivity contribution < 1.29 is 9.90 Å². The Kier molecular flexibility index (Phi) is 3.75. The number of hydrogen-bond acceptors (Lipinski definition) is 2. The molecule has 18 heavy (non-hydrogen) atoms. The van der Waals surface area contributed by atoms with E-state index in [2.05, 4.69) is 5.32 Å². The van der Waals surface area contributed by atoms with Crippen LogP contribution in [0.4, 0.5) is 11.4 Å². The van der Waals surface area contributed by atoms with E-state index < -0.39 is 5.97 Å². The molecule has 2 aromatic rings. The smallest absolute Gasteiger partial charge is 0.335 e. The summed E-state index contributed by atoms with van der Waals surface area (Å²) >= 11 is 11.8. The van der Waals surface area contributed by atoms with Crippen LogP contribution in [-0.2, 0) is 0 Å². The summed E-state index contributed by atoms with van der Waals surface area (Å²) in [4.78, 5) is 10.8. The summed E-state index contributed by atoms with van der Waals surface area (Å²) < 4.78 is 0. The van der Waals surface area contributed by atoms with Gasteiger partial charge in [0.1, 0.15) is 0 Å². The fourth-order valence-electron chi connectivity index (χ4n) is 1.52. The van der Waals surface area contributed by atoms with Gasteiger partial charge < -0.3 is 10.4 Å². The molecule has 0 bridgehead atoms. The van der Waals surface area contributed by atoms with Crippen LogP contribution in [0.1, 0.15) is 10.4 Å². The van der Waals surface area contributed by atoms with E-state index >= 15 is 0 Å². The van der Waals surface area contributed by atoms with Crippen LogP contribution < -0.4 is 5.32 Å². The lowest BCUT2D eigenvalue weighted by molar-refractivity contribution is 0.0697. The van der Waals surface area contributed by atoms with Crippen molar-refractivity contribution in [2.75, 3.05) is 5.32 Å². The molecule has 2 rings (SSSR count). The lowest BCUT2D eigenvalue weighted by atomic mass is 10.2. The normalized spacial score (nSPS) is 10.1. The average Bonchev–Trinajstić information content (AvgIpc) is 2.27. The van der Waals surface area contributed by atoms with Gasteiger partial charge in [-0.25, -0.2) is 4.79 Å². The maximum absolute atomic E-state index is 10.8. The van der Waals surface area contributed by atoms with Crippen LogP contribution in [0.2, 0.25) is 10.0 Å². The Morgan fingerprint density at radius 3 is 2.28 bits per heavy atom. The lowest BCUT2D eigenvalue weighted by Gasteiger charge is -2.08. The second-order valence-electron chi connectivity index (χ2n) is 3.67. The molecule has 0 radical (unpaired) electrons. The topological polar surface area (TPSA) is 49.3 Å². The molecule has 2 N–H and O–H groups in total. The van der Waals surface area contributed by atoms with Gasteiger partial charge in [-0.1, -0.05) is 29.3 Å². The summed E-state index contributed by atoms with van der Waals surface area (Å²) in [5.74, 6) is -0.970. The quantitative estimate of drug-likeness (QED) is 0.875. The van der Waals surface area contributed by atoms with Gasteiger partial charge in [0.25, 0.3) is 0 Å². The molecule has 0 aliphatic heterocycles. The molecule has 0 aliphatic rings. The second kappa shape index (κ2) is 5.29. The van der Waals surface area contributed by atoms with Crippen LogP contribution in [0, 0.1) is 0 Å². The van der Waals surface area contributed by atoms with Crippen molar-refractivity contribution in [1.82, 2.24) is 0 Å². The molecular formula is C13H9Cl2NO2. The molecule has 0 unspecified atom stereocenters. The van der Waals surface area contributed by atoms with Crippen molar-refractivity contribution in [3.05, 3.63) is 58.1 Å². The zero-order valence-electron chi connectivity index (χ0n) is 9.15. The zero-order chi connectivity index (χ0) is 13.1. The van der Waals surface area contributed by atoms with E-state index in [1.165, 1.54) is 12.1 Å². The second-order valence-corrected chi connectivity index (χ2v) is 4.54. The van der Waals surface area contributed by atoms with Crippen LogP contribution in [0.5, 0.6) is 0 Å². The van der Waals surface area contributed by atoms with Crippen molar-refractivity contribution in [3.8, 4) is 0 Å². The molecule has 3 nitrogen and oxygen atoms in total. The lowest BCUT2D eigenvalue weighted by Crippen LogP contribution is -1.97. The van der Waals surface area contributed by atoms with Crippen molar-refractivity contribution in [2.24, 2.45) is 0 Å². The van der Waals surface area contributed by atoms with E-state index in [-0.39, 0.29) is 5.56 Å². The maximum atomic E-state index is 10.8. The molecule has 0 heterocycles. The van der Waals surface area contributed by atoms with E-state index in [0.29, 0.717) is 21.4 Å². The number of carboxylic acid groups (broad SMARTS) is 1. The highest BCUT2D eigenvalue weighted by Crippen LogP contribution is 2.25. The van der Waals surface area contributed by atoms with Gasteiger partial charge in [-0.15, -0.1) is 0 Å². The molecular weight excluding hydrogens is 273 g/mol. The van der Waals surface area contributed by atoms with E-state index in [1.54, 1.807) is 30.3 Å². The van der Waals surface area contributed by atoms with E-state index in [9.17, 15) is 4.79 Å². The van der Waals surface area contributed by atoms with Crippen molar-refractivity contribution in [2.45, 2.75) is 0 Å². The molecule has 2 aromatic carbocycles.